The molecule has 2 aliphatic rings. The Morgan fingerprint density at radius 2 is 2.04 bits per heavy atom. The van der Waals surface area contributed by atoms with Gasteiger partial charge in [-0.25, -0.2) is 4.98 Å². The molecule has 2 aliphatic heterocycles. The molecule has 0 aliphatic carbocycles. The van der Waals surface area contributed by atoms with E-state index in [1.807, 2.05) is 11.8 Å². The Hall–Kier alpha value is -1.73. The first-order valence-electron chi connectivity index (χ1n) is 9.13. The van der Waals surface area contributed by atoms with Crippen LogP contribution in [-0.4, -0.2) is 70.7 Å². The second-order valence-electron chi connectivity index (χ2n) is 7.24. The molecule has 25 heavy (non-hydrogen) atoms. The number of amides is 1. The van der Waals surface area contributed by atoms with Crippen LogP contribution in [0.15, 0.2) is 17.3 Å². The summed E-state index contributed by atoms with van der Waals surface area (Å²) in [6.45, 7) is 9.11. The van der Waals surface area contributed by atoms with Gasteiger partial charge in [0.2, 0.25) is 5.91 Å². The average molecular weight is 348 g/mol. The van der Waals surface area contributed by atoms with Crippen LogP contribution in [0.3, 0.4) is 0 Å². The number of hydrogen-bond donors (Lipinski definition) is 0. The number of likely N-dealkylation sites (tertiary alicyclic amines) is 1. The Labute approximate surface area is 148 Å². The van der Waals surface area contributed by atoms with E-state index in [4.69, 9.17) is 4.74 Å². The smallest absolute Gasteiger partial charge is 0.256 e. The van der Waals surface area contributed by atoms with Gasteiger partial charge in [-0.15, -0.1) is 0 Å². The first-order valence-corrected chi connectivity index (χ1v) is 9.13. The minimum Gasteiger partial charge on any atom is -0.373 e. The molecule has 1 aromatic heterocycles. The summed E-state index contributed by atoms with van der Waals surface area (Å²) >= 11 is 0. The second kappa shape index (κ2) is 8.10. The average Bonchev–Trinajstić information content (AvgIpc) is 2.61. The Bertz CT molecular complexity index is 652. The van der Waals surface area contributed by atoms with Crippen molar-refractivity contribution < 1.29 is 9.53 Å². The van der Waals surface area contributed by atoms with Crippen LogP contribution >= 0.6 is 0 Å². The number of aromatic nitrogens is 2. The molecule has 3 rings (SSSR count). The fraction of sp³-hybridized carbons (Fsp3) is 0.722. The number of carbonyl (C=O) groups excluding carboxylic acids is 1. The number of piperidine rings is 1. The SMILES string of the molecule is CC(=O)N1CCOC(CN2CCC(Cn3cncc(C)c3=O)CC2)C1. The lowest BCUT2D eigenvalue weighted by molar-refractivity contribution is -0.137. The van der Waals surface area contributed by atoms with Gasteiger partial charge >= 0.3 is 0 Å². The third-order valence-corrected chi connectivity index (χ3v) is 5.28. The van der Waals surface area contributed by atoms with Gasteiger partial charge in [0.05, 0.1) is 19.0 Å². The van der Waals surface area contributed by atoms with Crippen molar-refractivity contribution in [1.82, 2.24) is 19.4 Å². The quantitative estimate of drug-likeness (QED) is 0.793. The Kier molecular flexibility index (Phi) is 5.86. The van der Waals surface area contributed by atoms with Crippen molar-refractivity contribution >= 4 is 5.91 Å². The van der Waals surface area contributed by atoms with E-state index in [9.17, 15) is 9.59 Å². The van der Waals surface area contributed by atoms with Crippen molar-refractivity contribution in [2.75, 3.05) is 39.3 Å². The van der Waals surface area contributed by atoms with Gasteiger partial charge in [0.25, 0.3) is 5.56 Å². The van der Waals surface area contributed by atoms with Crippen LogP contribution in [0.4, 0.5) is 0 Å². The molecule has 138 valence electrons. The lowest BCUT2D eigenvalue weighted by atomic mass is 9.96. The van der Waals surface area contributed by atoms with Gasteiger partial charge < -0.3 is 14.5 Å². The van der Waals surface area contributed by atoms with E-state index in [0.717, 1.165) is 39.0 Å². The molecule has 1 amide bonds. The first kappa shape index (κ1) is 18.1. The second-order valence-corrected chi connectivity index (χ2v) is 7.24. The summed E-state index contributed by atoms with van der Waals surface area (Å²) in [6, 6.07) is 0. The molecule has 0 spiro atoms. The summed E-state index contributed by atoms with van der Waals surface area (Å²) in [5, 5.41) is 0. The van der Waals surface area contributed by atoms with Crippen molar-refractivity contribution in [3.8, 4) is 0 Å². The summed E-state index contributed by atoms with van der Waals surface area (Å²) in [7, 11) is 0. The van der Waals surface area contributed by atoms with Crippen LogP contribution in [0.25, 0.3) is 0 Å². The largest absolute Gasteiger partial charge is 0.373 e. The van der Waals surface area contributed by atoms with E-state index in [1.54, 1.807) is 24.0 Å². The van der Waals surface area contributed by atoms with E-state index >= 15 is 0 Å². The molecular weight excluding hydrogens is 320 g/mol. The van der Waals surface area contributed by atoms with Crippen molar-refractivity contribution in [3.05, 3.63) is 28.4 Å². The minimum absolute atomic E-state index is 0.0670. The molecule has 0 aromatic carbocycles. The fourth-order valence-electron chi connectivity index (χ4n) is 3.72. The zero-order chi connectivity index (χ0) is 17.8. The zero-order valence-corrected chi connectivity index (χ0v) is 15.2. The molecule has 2 fully saturated rings. The lowest BCUT2D eigenvalue weighted by Gasteiger charge is -2.38. The van der Waals surface area contributed by atoms with Crippen molar-refractivity contribution in [2.24, 2.45) is 5.92 Å². The van der Waals surface area contributed by atoms with Crippen LogP contribution in [0.5, 0.6) is 0 Å². The predicted molar refractivity (Wildman–Crippen MR) is 94.4 cm³/mol. The lowest BCUT2D eigenvalue weighted by Crippen LogP contribution is -2.50. The van der Waals surface area contributed by atoms with Crippen molar-refractivity contribution in [3.63, 3.8) is 0 Å². The van der Waals surface area contributed by atoms with Crippen LogP contribution in [0.2, 0.25) is 0 Å². The van der Waals surface area contributed by atoms with E-state index in [2.05, 4.69) is 9.88 Å². The van der Waals surface area contributed by atoms with E-state index < -0.39 is 0 Å². The van der Waals surface area contributed by atoms with Gasteiger partial charge in [-0.05, 0) is 38.8 Å². The van der Waals surface area contributed by atoms with Crippen molar-refractivity contribution in [1.29, 1.82) is 0 Å². The van der Waals surface area contributed by atoms with Crippen LogP contribution in [0, 0.1) is 12.8 Å². The van der Waals surface area contributed by atoms with Crippen LogP contribution in [0.1, 0.15) is 25.3 Å². The number of morpholine rings is 1. The van der Waals surface area contributed by atoms with Crippen molar-refractivity contribution in [2.45, 2.75) is 39.3 Å². The fourth-order valence-corrected chi connectivity index (χ4v) is 3.72. The maximum atomic E-state index is 12.1. The van der Waals surface area contributed by atoms with E-state index in [1.165, 1.54) is 0 Å². The molecule has 0 N–H and O–H groups in total. The van der Waals surface area contributed by atoms with Gasteiger partial charge in [-0.3, -0.25) is 14.2 Å². The summed E-state index contributed by atoms with van der Waals surface area (Å²) in [4.78, 5) is 32.1. The molecular formula is C18H28N4O3. The molecule has 3 heterocycles. The summed E-state index contributed by atoms with van der Waals surface area (Å²) < 4.78 is 7.56. The number of rotatable bonds is 4. The number of nitrogens with zero attached hydrogens (tertiary/aromatic N) is 4. The molecule has 0 bridgehead atoms. The molecule has 1 atom stereocenters. The highest BCUT2D eigenvalue weighted by atomic mass is 16.5. The highest BCUT2D eigenvalue weighted by molar-refractivity contribution is 5.73. The predicted octanol–water partition coefficient (Wildman–Crippen LogP) is 0.511. The molecule has 1 aromatic rings. The Morgan fingerprint density at radius 3 is 2.76 bits per heavy atom. The normalized spacial score (nSPS) is 23.0. The third-order valence-electron chi connectivity index (χ3n) is 5.28. The van der Waals surface area contributed by atoms with E-state index in [-0.39, 0.29) is 17.6 Å². The molecule has 0 radical (unpaired) electrons. The third kappa shape index (κ3) is 4.67. The van der Waals surface area contributed by atoms with Gasteiger partial charge in [-0.1, -0.05) is 0 Å². The van der Waals surface area contributed by atoms with Gasteiger partial charge in [0.1, 0.15) is 0 Å². The van der Waals surface area contributed by atoms with Gasteiger partial charge in [0, 0.05) is 44.9 Å². The molecule has 7 heteroatoms. The Morgan fingerprint density at radius 1 is 1.28 bits per heavy atom. The molecule has 1 unspecified atom stereocenters. The maximum Gasteiger partial charge on any atom is 0.256 e. The Balaban J connectivity index is 1.46. The zero-order valence-electron chi connectivity index (χ0n) is 15.2. The standard InChI is InChI=1S/C18H28N4O3/c1-14-9-19-13-22(18(14)24)10-16-3-5-20(6-4-16)11-17-12-21(15(2)23)7-8-25-17/h9,13,16-17H,3-8,10-12H2,1-2H3. The highest BCUT2D eigenvalue weighted by Crippen LogP contribution is 2.19. The maximum absolute atomic E-state index is 12.1. The summed E-state index contributed by atoms with van der Waals surface area (Å²) in [5.74, 6) is 0.641. The summed E-state index contributed by atoms with van der Waals surface area (Å²) in [6.07, 6.45) is 5.52. The number of carbonyl (C=O) groups is 1. The summed E-state index contributed by atoms with van der Waals surface area (Å²) in [5.41, 5.74) is 0.766. The first-order chi connectivity index (χ1) is 12.0. The van der Waals surface area contributed by atoms with Crippen LogP contribution in [-0.2, 0) is 16.1 Å². The molecule has 7 nitrogen and oxygen atoms in total. The van der Waals surface area contributed by atoms with Gasteiger partial charge in [-0.2, -0.15) is 0 Å². The number of aryl methyl sites for hydroxylation is 1. The van der Waals surface area contributed by atoms with Gasteiger partial charge in [0.15, 0.2) is 0 Å². The monoisotopic (exact) mass is 348 g/mol. The topological polar surface area (TPSA) is 67.7 Å². The van der Waals surface area contributed by atoms with Crippen LogP contribution < -0.4 is 5.56 Å². The minimum atomic E-state index is 0.0670. The highest BCUT2D eigenvalue weighted by Gasteiger charge is 2.26. The molecule has 2 saturated heterocycles. The number of hydrogen-bond acceptors (Lipinski definition) is 5. The number of ether oxygens (including phenoxy) is 1. The molecule has 0 saturated carbocycles. The van der Waals surface area contributed by atoms with E-state index in [0.29, 0.717) is 31.2 Å².